The van der Waals surface area contributed by atoms with E-state index in [0.717, 1.165) is 5.56 Å². The molecule has 0 aliphatic carbocycles. The van der Waals surface area contributed by atoms with Gasteiger partial charge in [0.1, 0.15) is 0 Å². The van der Waals surface area contributed by atoms with E-state index in [1.165, 1.54) is 21.2 Å². The van der Waals surface area contributed by atoms with Gasteiger partial charge in [0.25, 0.3) is 0 Å². The highest BCUT2D eigenvalue weighted by Crippen LogP contribution is 2.34. The Balaban J connectivity index is 2.23. The fourth-order valence-electron chi connectivity index (χ4n) is 1.94. The molecule has 0 aliphatic heterocycles. The summed E-state index contributed by atoms with van der Waals surface area (Å²) >= 11 is 1.69. The van der Waals surface area contributed by atoms with Crippen LogP contribution >= 0.6 is 11.3 Å². The normalized spacial score (nSPS) is 10.3. The van der Waals surface area contributed by atoms with Gasteiger partial charge in [-0.25, -0.2) is 0 Å². The highest BCUT2D eigenvalue weighted by molar-refractivity contribution is 7.17. The first-order valence-corrected chi connectivity index (χ1v) is 6.23. The molecule has 0 spiro atoms. The minimum Gasteiger partial charge on any atom is -0.192 e. The Morgan fingerprint density at radius 1 is 1.00 bits per heavy atom. The minimum absolute atomic E-state index is 0.721. The lowest BCUT2D eigenvalue weighted by Crippen LogP contribution is -1.75. The molecule has 0 aliphatic rings. The summed E-state index contributed by atoms with van der Waals surface area (Å²) in [7, 11) is 0. The lowest BCUT2D eigenvalue weighted by molar-refractivity contribution is 1.50. The molecule has 0 saturated carbocycles. The second kappa shape index (κ2) is 4.04. The van der Waals surface area contributed by atoms with Gasteiger partial charge in [-0.2, -0.15) is 5.26 Å². The number of nitriles is 1. The summed E-state index contributed by atoms with van der Waals surface area (Å²) < 4.78 is 1.17. The van der Waals surface area contributed by atoms with E-state index in [-0.39, 0.29) is 0 Å². The van der Waals surface area contributed by atoms with Crippen molar-refractivity contribution in [3.63, 3.8) is 0 Å². The largest absolute Gasteiger partial charge is 0.192 e. The maximum atomic E-state index is 8.88. The Morgan fingerprint density at radius 2 is 1.82 bits per heavy atom. The van der Waals surface area contributed by atoms with Crippen LogP contribution in [0.1, 0.15) is 5.56 Å². The van der Waals surface area contributed by atoms with Crippen molar-refractivity contribution >= 4 is 21.4 Å². The van der Waals surface area contributed by atoms with Gasteiger partial charge in [-0.15, -0.1) is 11.3 Å². The van der Waals surface area contributed by atoms with Gasteiger partial charge in [-0.1, -0.05) is 36.4 Å². The van der Waals surface area contributed by atoms with Gasteiger partial charge in [-0.05, 0) is 23.1 Å². The van der Waals surface area contributed by atoms with Crippen molar-refractivity contribution in [3.05, 3.63) is 59.5 Å². The molecule has 3 aromatic rings. The highest BCUT2D eigenvalue weighted by Gasteiger charge is 2.06. The van der Waals surface area contributed by atoms with Crippen molar-refractivity contribution in [1.29, 1.82) is 5.26 Å². The Morgan fingerprint density at radius 3 is 2.59 bits per heavy atom. The average Bonchev–Trinajstić information content (AvgIpc) is 2.82. The summed E-state index contributed by atoms with van der Waals surface area (Å²) in [5.41, 5.74) is 3.19. The number of benzene rings is 2. The number of hydrogen-bond acceptors (Lipinski definition) is 2. The van der Waals surface area contributed by atoms with Gasteiger partial charge in [-0.3, -0.25) is 0 Å². The van der Waals surface area contributed by atoms with E-state index in [0.29, 0.717) is 0 Å². The van der Waals surface area contributed by atoms with Gasteiger partial charge >= 0.3 is 0 Å². The monoisotopic (exact) mass is 235 g/mol. The zero-order valence-electron chi connectivity index (χ0n) is 9.05. The molecule has 2 heteroatoms. The SMILES string of the molecule is N#Cc1ccc2c(-c3ccccc3)csc2c1. The van der Waals surface area contributed by atoms with Gasteiger partial charge in [0.2, 0.25) is 0 Å². The number of fused-ring (bicyclic) bond motifs is 1. The smallest absolute Gasteiger partial charge is 0.0992 e. The van der Waals surface area contributed by atoms with Crippen molar-refractivity contribution < 1.29 is 0 Å². The second-order valence-corrected chi connectivity index (χ2v) is 4.75. The van der Waals surface area contributed by atoms with Crippen LogP contribution in [0.2, 0.25) is 0 Å². The molecule has 0 N–H and O–H groups in total. The maximum Gasteiger partial charge on any atom is 0.0992 e. The first-order chi connectivity index (χ1) is 8.38. The molecule has 0 unspecified atom stereocenters. The zero-order chi connectivity index (χ0) is 11.7. The third-order valence-electron chi connectivity index (χ3n) is 2.79. The summed E-state index contributed by atoms with van der Waals surface area (Å²) in [5, 5.41) is 12.3. The Bertz CT molecular complexity index is 705. The van der Waals surface area contributed by atoms with Crippen LogP contribution in [-0.2, 0) is 0 Å². The van der Waals surface area contributed by atoms with E-state index >= 15 is 0 Å². The average molecular weight is 235 g/mol. The Labute approximate surface area is 104 Å². The van der Waals surface area contributed by atoms with E-state index in [1.807, 2.05) is 36.4 Å². The predicted octanol–water partition coefficient (Wildman–Crippen LogP) is 4.44. The number of rotatable bonds is 1. The lowest BCUT2D eigenvalue weighted by atomic mass is 10.0. The van der Waals surface area contributed by atoms with E-state index in [4.69, 9.17) is 5.26 Å². The topological polar surface area (TPSA) is 23.8 Å². The quantitative estimate of drug-likeness (QED) is 0.611. The number of thiophene rings is 1. The van der Waals surface area contributed by atoms with Gasteiger partial charge in [0.05, 0.1) is 11.6 Å². The molecule has 1 nitrogen and oxygen atoms in total. The standard InChI is InChI=1S/C15H9NS/c16-9-11-6-7-13-14(10-17-15(13)8-11)12-4-2-1-3-5-12/h1-8,10H. The second-order valence-electron chi connectivity index (χ2n) is 3.84. The van der Waals surface area contributed by atoms with E-state index < -0.39 is 0 Å². The summed E-state index contributed by atoms with van der Waals surface area (Å²) in [6.45, 7) is 0. The number of nitrogens with zero attached hydrogens (tertiary/aromatic N) is 1. The van der Waals surface area contributed by atoms with Crippen molar-refractivity contribution in [3.8, 4) is 17.2 Å². The summed E-state index contributed by atoms with van der Waals surface area (Å²) in [4.78, 5) is 0. The summed E-state index contributed by atoms with van der Waals surface area (Å²) in [6.07, 6.45) is 0. The van der Waals surface area contributed by atoms with E-state index in [2.05, 4.69) is 23.6 Å². The number of hydrogen-bond donors (Lipinski definition) is 0. The highest BCUT2D eigenvalue weighted by atomic mass is 32.1. The molecule has 0 fully saturated rings. The molecule has 0 bridgehead atoms. The molecule has 2 aromatic carbocycles. The molecule has 0 amide bonds. The van der Waals surface area contributed by atoms with Crippen LogP contribution in [0.4, 0.5) is 0 Å². The molecule has 3 rings (SSSR count). The fourth-order valence-corrected chi connectivity index (χ4v) is 2.95. The molecule has 80 valence electrons. The first kappa shape index (κ1) is 10.1. The molecular weight excluding hydrogens is 226 g/mol. The third-order valence-corrected chi connectivity index (χ3v) is 3.73. The van der Waals surface area contributed by atoms with Crippen LogP contribution in [0.25, 0.3) is 21.2 Å². The Hall–Kier alpha value is -2.11. The van der Waals surface area contributed by atoms with Crippen LogP contribution in [-0.4, -0.2) is 0 Å². The molecule has 1 aromatic heterocycles. The molecule has 0 radical (unpaired) electrons. The van der Waals surface area contributed by atoms with Crippen LogP contribution in [0.15, 0.2) is 53.9 Å². The van der Waals surface area contributed by atoms with Crippen molar-refractivity contribution in [2.24, 2.45) is 0 Å². The van der Waals surface area contributed by atoms with Crippen molar-refractivity contribution in [1.82, 2.24) is 0 Å². The van der Waals surface area contributed by atoms with Gasteiger partial charge in [0, 0.05) is 15.6 Å². The fraction of sp³-hybridized carbons (Fsp3) is 0. The first-order valence-electron chi connectivity index (χ1n) is 5.35. The Kier molecular flexibility index (Phi) is 2.40. The van der Waals surface area contributed by atoms with Crippen LogP contribution in [0.3, 0.4) is 0 Å². The van der Waals surface area contributed by atoms with Gasteiger partial charge < -0.3 is 0 Å². The molecule has 0 atom stereocenters. The van der Waals surface area contributed by atoms with Crippen LogP contribution in [0, 0.1) is 11.3 Å². The molecule has 17 heavy (non-hydrogen) atoms. The van der Waals surface area contributed by atoms with E-state index in [9.17, 15) is 0 Å². The van der Waals surface area contributed by atoms with Crippen LogP contribution < -0.4 is 0 Å². The summed E-state index contributed by atoms with van der Waals surface area (Å²) in [5.74, 6) is 0. The predicted molar refractivity (Wildman–Crippen MR) is 72.0 cm³/mol. The molecule has 0 saturated heterocycles. The van der Waals surface area contributed by atoms with Crippen molar-refractivity contribution in [2.75, 3.05) is 0 Å². The molecular formula is C15H9NS. The zero-order valence-corrected chi connectivity index (χ0v) is 9.87. The van der Waals surface area contributed by atoms with Gasteiger partial charge in [0.15, 0.2) is 0 Å². The molecule has 1 heterocycles. The van der Waals surface area contributed by atoms with Crippen LogP contribution in [0.5, 0.6) is 0 Å². The third kappa shape index (κ3) is 1.71. The van der Waals surface area contributed by atoms with E-state index in [1.54, 1.807) is 11.3 Å². The lowest BCUT2D eigenvalue weighted by Gasteiger charge is -1.99. The van der Waals surface area contributed by atoms with Crippen molar-refractivity contribution in [2.45, 2.75) is 0 Å². The minimum atomic E-state index is 0.721. The maximum absolute atomic E-state index is 8.88. The summed E-state index contributed by atoms with van der Waals surface area (Å²) in [6, 6.07) is 18.4.